The maximum Gasteiger partial charge on any atom is 0.239 e. The monoisotopic (exact) mass is 347 g/mol. The van der Waals surface area contributed by atoms with E-state index in [1.54, 1.807) is 25.1 Å². The highest BCUT2D eigenvalue weighted by atomic mass is 19.1. The van der Waals surface area contributed by atoms with Crippen LogP contribution in [0.3, 0.4) is 0 Å². The number of carbonyl (C=O) groups is 1. The van der Waals surface area contributed by atoms with Crippen molar-refractivity contribution in [1.82, 2.24) is 26.3 Å². The summed E-state index contributed by atoms with van der Waals surface area (Å²) in [5, 5.41) is 6.69. The summed E-state index contributed by atoms with van der Waals surface area (Å²) >= 11 is 0. The average Bonchev–Trinajstić information content (AvgIpc) is 3.22. The molecule has 3 unspecified atom stereocenters. The molecule has 1 amide bonds. The lowest BCUT2D eigenvalue weighted by molar-refractivity contribution is -0.123. The molecule has 8 heteroatoms. The van der Waals surface area contributed by atoms with Gasteiger partial charge in [0.05, 0.1) is 0 Å². The standard InChI is InChI=1S/C17H22FN5O2/c1-9(2)13-8-14(22-21-13)17(24)20-15(16-19-10(3)25-23-16)11-6-4-5-7-12(11)18/h4-7,9,13-15,21-22H,8H2,1-3H3,(H,20,24). The van der Waals surface area contributed by atoms with Crippen LogP contribution < -0.4 is 16.2 Å². The number of rotatable bonds is 5. The maximum absolute atomic E-state index is 14.3. The summed E-state index contributed by atoms with van der Waals surface area (Å²) < 4.78 is 19.3. The van der Waals surface area contributed by atoms with Gasteiger partial charge in [0.15, 0.2) is 5.82 Å². The molecule has 0 bridgehead atoms. The summed E-state index contributed by atoms with van der Waals surface area (Å²) in [6.07, 6.45) is 0.652. The number of hydrogen-bond donors (Lipinski definition) is 3. The Kier molecular flexibility index (Phi) is 5.10. The Bertz CT molecular complexity index is 748. The lowest BCUT2D eigenvalue weighted by Crippen LogP contribution is -2.45. The van der Waals surface area contributed by atoms with Crippen molar-refractivity contribution < 1.29 is 13.7 Å². The highest BCUT2D eigenvalue weighted by Gasteiger charge is 2.33. The van der Waals surface area contributed by atoms with Crippen molar-refractivity contribution in [2.24, 2.45) is 5.92 Å². The lowest BCUT2D eigenvalue weighted by Gasteiger charge is -2.19. The van der Waals surface area contributed by atoms with E-state index in [9.17, 15) is 9.18 Å². The highest BCUT2D eigenvalue weighted by Crippen LogP contribution is 2.23. The topological polar surface area (TPSA) is 92.1 Å². The van der Waals surface area contributed by atoms with Gasteiger partial charge in [-0.15, -0.1) is 0 Å². The van der Waals surface area contributed by atoms with E-state index in [-0.39, 0.29) is 17.8 Å². The number of nitrogens with one attached hydrogen (secondary N) is 3. The number of aromatic nitrogens is 2. The second kappa shape index (κ2) is 7.28. The van der Waals surface area contributed by atoms with Crippen LogP contribution in [0.1, 0.15) is 43.6 Å². The van der Waals surface area contributed by atoms with Crippen LogP contribution in [-0.2, 0) is 4.79 Å². The summed E-state index contributed by atoms with van der Waals surface area (Å²) in [5.74, 6) is 0.292. The molecule has 1 aliphatic heterocycles. The molecular formula is C17H22FN5O2. The van der Waals surface area contributed by atoms with E-state index >= 15 is 0 Å². The van der Waals surface area contributed by atoms with E-state index < -0.39 is 17.9 Å². The molecule has 3 N–H and O–H groups in total. The van der Waals surface area contributed by atoms with Gasteiger partial charge in [-0.05, 0) is 18.4 Å². The summed E-state index contributed by atoms with van der Waals surface area (Å²) in [6, 6.07) is 5.22. The van der Waals surface area contributed by atoms with Crippen LogP contribution >= 0.6 is 0 Å². The predicted molar refractivity (Wildman–Crippen MR) is 88.7 cm³/mol. The largest absolute Gasteiger partial charge is 0.340 e. The Morgan fingerprint density at radius 1 is 1.36 bits per heavy atom. The van der Waals surface area contributed by atoms with E-state index in [1.807, 2.05) is 0 Å². The van der Waals surface area contributed by atoms with Gasteiger partial charge in [0.2, 0.25) is 11.8 Å². The Labute approximate surface area is 145 Å². The zero-order valence-electron chi connectivity index (χ0n) is 14.4. The Balaban J connectivity index is 1.81. The molecule has 0 spiro atoms. The number of hydrogen-bond acceptors (Lipinski definition) is 6. The second-order valence-corrected chi connectivity index (χ2v) is 6.56. The first kappa shape index (κ1) is 17.5. The van der Waals surface area contributed by atoms with Crippen molar-refractivity contribution in [1.29, 1.82) is 0 Å². The second-order valence-electron chi connectivity index (χ2n) is 6.56. The van der Waals surface area contributed by atoms with Crippen LogP contribution in [0.4, 0.5) is 4.39 Å². The molecule has 134 valence electrons. The van der Waals surface area contributed by atoms with Gasteiger partial charge >= 0.3 is 0 Å². The van der Waals surface area contributed by atoms with Gasteiger partial charge in [-0.1, -0.05) is 37.2 Å². The maximum atomic E-state index is 14.3. The Hall–Kier alpha value is -2.32. The average molecular weight is 347 g/mol. The van der Waals surface area contributed by atoms with Gasteiger partial charge < -0.3 is 9.84 Å². The third-order valence-corrected chi connectivity index (χ3v) is 4.36. The molecule has 1 fully saturated rings. The molecule has 0 aliphatic carbocycles. The molecule has 3 rings (SSSR count). The number of halogens is 1. The highest BCUT2D eigenvalue weighted by molar-refractivity contribution is 5.82. The fourth-order valence-electron chi connectivity index (χ4n) is 2.86. The molecule has 1 aromatic heterocycles. The van der Waals surface area contributed by atoms with E-state index in [1.165, 1.54) is 6.07 Å². The minimum Gasteiger partial charge on any atom is -0.340 e. The summed E-state index contributed by atoms with van der Waals surface area (Å²) in [6.45, 7) is 5.82. The van der Waals surface area contributed by atoms with Crippen LogP contribution in [0, 0.1) is 18.7 Å². The number of amides is 1. The van der Waals surface area contributed by atoms with Crippen molar-refractivity contribution >= 4 is 5.91 Å². The van der Waals surface area contributed by atoms with Crippen molar-refractivity contribution in [3.05, 3.63) is 47.4 Å². The minimum absolute atomic E-state index is 0.204. The van der Waals surface area contributed by atoms with Crippen molar-refractivity contribution in [3.8, 4) is 0 Å². The minimum atomic E-state index is -0.814. The quantitative estimate of drug-likeness (QED) is 0.761. The van der Waals surface area contributed by atoms with Crippen LogP contribution in [0.5, 0.6) is 0 Å². The SMILES string of the molecule is Cc1nc(C(NC(=O)C2CC(C(C)C)NN2)c2ccccc2F)no1. The van der Waals surface area contributed by atoms with Gasteiger partial charge in [-0.25, -0.2) is 9.82 Å². The zero-order chi connectivity index (χ0) is 18.0. The summed E-state index contributed by atoms with van der Waals surface area (Å²) in [7, 11) is 0. The predicted octanol–water partition coefficient (Wildman–Crippen LogP) is 1.61. The summed E-state index contributed by atoms with van der Waals surface area (Å²) in [4.78, 5) is 16.8. The molecule has 1 aliphatic rings. The molecular weight excluding hydrogens is 325 g/mol. The molecule has 2 aromatic rings. The molecule has 1 saturated heterocycles. The van der Waals surface area contributed by atoms with E-state index in [0.717, 1.165) is 0 Å². The number of aryl methyl sites for hydroxylation is 1. The van der Waals surface area contributed by atoms with Gasteiger partial charge in [-0.2, -0.15) is 4.98 Å². The lowest BCUT2D eigenvalue weighted by atomic mass is 9.99. The van der Waals surface area contributed by atoms with E-state index in [2.05, 4.69) is 40.2 Å². The van der Waals surface area contributed by atoms with Crippen molar-refractivity contribution in [3.63, 3.8) is 0 Å². The zero-order valence-corrected chi connectivity index (χ0v) is 14.4. The van der Waals surface area contributed by atoms with Crippen LogP contribution in [0.15, 0.2) is 28.8 Å². The van der Waals surface area contributed by atoms with Crippen LogP contribution in [0.2, 0.25) is 0 Å². The smallest absolute Gasteiger partial charge is 0.239 e. The molecule has 2 heterocycles. The fraction of sp³-hybridized carbons (Fsp3) is 0.471. The summed E-state index contributed by atoms with van der Waals surface area (Å²) in [5.41, 5.74) is 6.41. The normalized spacial score (nSPS) is 21.5. The molecule has 1 aromatic carbocycles. The first-order chi connectivity index (χ1) is 12.0. The van der Waals surface area contributed by atoms with Gasteiger partial charge in [0.25, 0.3) is 0 Å². The Morgan fingerprint density at radius 2 is 2.12 bits per heavy atom. The molecule has 7 nitrogen and oxygen atoms in total. The number of nitrogens with zero attached hydrogens (tertiary/aromatic N) is 2. The number of hydrazine groups is 1. The van der Waals surface area contributed by atoms with Crippen molar-refractivity contribution in [2.75, 3.05) is 0 Å². The molecule has 0 radical (unpaired) electrons. The van der Waals surface area contributed by atoms with Gasteiger partial charge in [0, 0.05) is 18.5 Å². The molecule has 3 atom stereocenters. The third kappa shape index (κ3) is 3.85. The first-order valence-electron chi connectivity index (χ1n) is 8.31. The number of benzene rings is 1. The Morgan fingerprint density at radius 3 is 2.72 bits per heavy atom. The van der Waals surface area contributed by atoms with Gasteiger partial charge in [-0.3, -0.25) is 10.2 Å². The van der Waals surface area contributed by atoms with E-state index in [4.69, 9.17) is 4.52 Å². The van der Waals surface area contributed by atoms with Gasteiger partial charge in [0.1, 0.15) is 17.9 Å². The van der Waals surface area contributed by atoms with E-state index in [0.29, 0.717) is 23.8 Å². The third-order valence-electron chi connectivity index (χ3n) is 4.36. The number of carbonyl (C=O) groups excluding carboxylic acids is 1. The van der Waals surface area contributed by atoms with Crippen molar-refractivity contribution in [2.45, 2.75) is 45.3 Å². The molecule has 25 heavy (non-hydrogen) atoms. The first-order valence-corrected chi connectivity index (χ1v) is 8.31. The molecule has 0 saturated carbocycles. The van der Waals surface area contributed by atoms with Crippen LogP contribution in [0.25, 0.3) is 0 Å². The fourth-order valence-corrected chi connectivity index (χ4v) is 2.86. The van der Waals surface area contributed by atoms with Crippen LogP contribution in [-0.4, -0.2) is 28.1 Å².